The quantitative estimate of drug-likeness (QED) is 0.342. The number of halogens is 4. The highest BCUT2D eigenvalue weighted by atomic mass is 19.4. The summed E-state index contributed by atoms with van der Waals surface area (Å²) in [4.78, 5) is 12.8. The highest BCUT2D eigenvalue weighted by molar-refractivity contribution is 5.98. The standard InChI is InChI=1S/C21H12F4N4O/c1-10-19-17(28-14-6-4-11(21(23,24)25)9-16(14)30-19)12-5-7-15(29-20(12)27-10)18-13(22)3-2-8-26-18/h2-9,28H,1H3. The molecule has 150 valence electrons. The molecule has 4 aromatic rings. The molecule has 0 fully saturated rings. The maximum absolute atomic E-state index is 14.1. The van der Waals surface area contributed by atoms with Gasteiger partial charge in [0.1, 0.15) is 5.69 Å². The van der Waals surface area contributed by atoms with Crippen LogP contribution in [0.15, 0.2) is 48.7 Å². The first-order chi connectivity index (χ1) is 14.3. The molecule has 0 bridgehead atoms. The van der Waals surface area contributed by atoms with Crippen molar-refractivity contribution in [2.45, 2.75) is 13.1 Å². The van der Waals surface area contributed by atoms with Crippen molar-refractivity contribution in [2.75, 3.05) is 5.32 Å². The van der Waals surface area contributed by atoms with E-state index in [0.29, 0.717) is 39.5 Å². The highest BCUT2D eigenvalue weighted by Crippen LogP contribution is 2.47. The van der Waals surface area contributed by atoms with Gasteiger partial charge in [-0.2, -0.15) is 13.2 Å². The Bertz CT molecular complexity index is 1320. The lowest BCUT2D eigenvalue weighted by Gasteiger charge is -2.25. The van der Waals surface area contributed by atoms with Crippen LogP contribution < -0.4 is 10.1 Å². The van der Waals surface area contributed by atoms with Crippen molar-refractivity contribution < 1.29 is 22.3 Å². The second-order valence-corrected chi connectivity index (χ2v) is 6.74. The zero-order chi connectivity index (χ0) is 21.0. The van der Waals surface area contributed by atoms with Crippen LogP contribution in [-0.4, -0.2) is 15.0 Å². The molecule has 5 nitrogen and oxygen atoms in total. The van der Waals surface area contributed by atoms with Crippen LogP contribution in [-0.2, 0) is 6.18 Å². The van der Waals surface area contributed by atoms with E-state index in [9.17, 15) is 17.6 Å². The summed E-state index contributed by atoms with van der Waals surface area (Å²) in [6.07, 6.45) is -3.01. The van der Waals surface area contributed by atoms with Crippen LogP contribution in [0.4, 0.5) is 28.9 Å². The van der Waals surface area contributed by atoms with E-state index in [1.54, 1.807) is 19.1 Å². The molecule has 0 saturated carbocycles. The van der Waals surface area contributed by atoms with E-state index >= 15 is 0 Å². The summed E-state index contributed by atoms with van der Waals surface area (Å²) >= 11 is 0. The van der Waals surface area contributed by atoms with Gasteiger partial charge >= 0.3 is 6.18 Å². The molecule has 9 heteroatoms. The van der Waals surface area contributed by atoms with Crippen molar-refractivity contribution in [1.82, 2.24) is 15.0 Å². The zero-order valence-electron chi connectivity index (χ0n) is 15.4. The fraction of sp³-hybridized carbons (Fsp3) is 0.0952. The number of alkyl halides is 3. The minimum Gasteiger partial charge on any atom is -0.451 e. The maximum Gasteiger partial charge on any atom is 0.416 e. The summed E-state index contributed by atoms with van der Waals surface area (Å²) in [5.74, 6) is -0.135. The largest absolute Gasteiger partial charge is 0.451 e. The first-order valence-corrected chi connectivity index (χ1v) is 8.89. The SMILES string of the molecule is Cc1nc2nc(-c3ncccc3F)ccc2c2c1Oc1cc(C(F)(F)F)ccc1N2. The zero-order valence-corrected chi connectivity index (χ0v) is 15.4. The lowest BCUT2D eigenvalue weighted by molar-refractivity contribution is -0.137. The molecule has 0 aliphatic carbocycles. The van der Waals surface area contributed by atoms with Gasteiger partial charge < -0.3 is 10.1 Å². The van der Waals surface area contributed by atoms with Crippen LogP contribution in [0.5, 0.6) is 11.5 Å². The molecule has 5 rings (SSSR count). The summed E-state index contributed by atoms with van der Waals surface area (Å²) in [6, 6.07) is 9.32. The number of anilines is 2. The first-order valence-electron chi connectivity index (χ1n) is 8.89. The van der Waals surface area contributed by atoms with E-state index in [-0.39, 0.29) is 11.4 Å². The molecule has 1 aliphatic heterocycles. The van der Waals surface area contributed by atoms with Crippen LogP contribution in [0.3, 0.4) is 0 Å². The average molecular weight is 412 g/mol. The van der Waals surface area contributed by atoms with Gasteiger partial charge in [0, 0.05) is 11.6 Å². The number of hydrogen-bond donors (Lipinski definition) is 1. The molecule has 0 radical (unpaired) electrons. The lowest BCUT2D eigenvalue weighted by atomic mass is 10.1. The number of pyridine rings is 3. The van der Waals surface area contributed by atoms with Crippen LogP contribution in [0, 0.1) is 12.7 Å². The number of aryl methyl sites for hydroxylation is 1. The Morgan fingerprint density at radius 2 is 1.87 bits per heavy atom. The molecule has 0 amide bonds. The third-order valence-corrected chi connectivity index (χ3v) is 4.76. The molecular weight excluding hydrogens is 400 g/mol. The first kappa shape index (κ1) is 18.3. The van der Waals surface area contributed by atoms with E-state index < -0.39 is 17.6 Å². The molecule has 1 aliphatic rings. The third kappa shape index (κ3) is 2.90. The smallest absolute Gasteiger partial charge is 0.416 e. The Labute approximate surface area is 167 Å². The van der Waals surface area contributed by atoms with E-state index in [1.807, 2.05) is 0 Å². The normalized spacial score (nSPS) is 12.7. The number of ether oxygens (including phenoxy) is 1. The van der Waals surface area contributed by atoms with E-state index in [2.05, 4.69) is 20.3 Å². The second-order valence-electron chi connectivity index (χ2n) is 6.74. The van der Waals surface area contributed by atoms with Crippen molar-refractivity contribution in [1.29, 1.82) is 0 Å². The monoisotopic (exact) mass is 412 g/mol. The Morgan fingerprint density at radius 1 is 1.03 bits per heavy atom. The summed E-state index contributed by atoms with van der Waals surface area (Å²) in [7, 11) is 0. The van der Waals surface area contributed by atoms with Gasteiger partial charge in [-0.3, -0.25) is 4.98 Å². The Hall–Kier alpha value is -3.75. The molecule has 1 aromatic carbocycles. The fourth-order valence-corrected chi connectivity index (χ4v) is 3.33. The average Bonchev–Trinajstić information content (AvgIpc) is 2.72. The molecule has 3 aromatic heterocycles. The Kier molecular flexibility index (Phi) is 3.89. The van der Waals surface area contributed by atoms with E-state index in [0.717, 1.165) is 12.1 Å². The highest BCUT2D eigenvalue weighted by Gasteiger charge is 2.33. The minimum atomic E-state index is -4.48. The molecule has 1 N–H and O–H groups in total. The predicted molar refractivity (Wildman–Crippen MR) is 102 cm³/mol. The number of nitrogens with one attached hydrogen (secondary N) is 1. The second kappa shape index (κ2) is 6.38. The fourth-order valence-electron chi connectivity index (χ4n) is 3.33. The molecule has 4 heterocycles. The Morgan fingerprint density at radius 3 is 2.63 bits per heavy atom. The lowest BCUT2D eigenvalue weighted by Crippen LogP contribution is -2.10. The minimum absolute atomic E-state index is 0.0571. The van der Waals surface area contributed by atoms with Crippen molar-refractivity contribution in [3.8, 4) is 22.9 Å². The number of nitrogens with zero attached hydrogens (tertiary/aromatic N) is 3. The van der Waals surface area contributed by atoms with Gasteiger partial charge in [0.25, 0.3) is 0 Å². The molecular formula is C21H12F4N4O. The van der Waals surface area contributed by atoms with Crippen molar-refractivity contribution in [3.05, 3.63) is 65.7 Å². The van der Waals surface area contributed by atoms with Gasteiger partial charge in [-0.25, -0.2) is 14.4 Å². The molecule has 0 unspecified atom stereocenters. The molecule has 0 spiro atoms. The van der Waals surface area contributed by atoms with Crippen molar-refractivity contribution in [3.63, 3.8) is 0 Å². The number of hydrogen-bond acceptors (Lipinski definition) is 5. The third-order valence-electron chi connectivity index (χ3n) is 4.76. The van der Waals surface area contributed by atoms with Crippen molar-refractivity contribution in [2.24, 2.45) is 0 Å². The topological polar surface area (TPSA) is 59.9 Å². The van der Waals surface area contributed by atoms with Crippen molar-refractivity contribution >= 4 is 22.4 Å². The van der Waals surface area contributed by atoms with Crippen LogP contribution >= 0.6 is 0 Å². The summed E-state index contributed by atoms with van der Waals surface area (Å²) in [5.41, 5.74) is 1.30. The van der Waals surface area contributed by atoms with Gasteiger partial charge in [-0.05, 0) is 49.4 Å². The predicted octanol–water partition coefficient (Wildman–Crippen LogP) is 6.01. The van der Waals surface area contributed by atoms with Crippen LogP contribution in [0.25, 0.3) is 22.4 Å². The summed E-state index contributed by atoms with van der Waals surface area (Å²) < 4.78 is 58.9. The molecule has 0 atom stereocenters. The van der Waals surface area contributed by atoms with Gasteiger partial charge in [0.2, 0.25) is 0 Å². The van der Waals surface area contributed by atoms with Gasteiger partial charge in [-0.15, -0.1) is 0 Å². The van der Waals surface area contributed by atoms with Gasteiger partial charge in [0.05, 0.1) is 28.3 Å². The number of benzene rings is 1. The summed E-state index contributed by atoms with van der Waals surface area (Å²) in [6.45, 7) is 1.66. The van der Waals surface area contributed by atoms with Gasteiger partial charge in [-0.1, -0.05) is 0 Å². The van der Waals surface area contributed by atoms with Crippen LogP contribution in [0.2, 0.25) is 0 Å². The maximum atomic E-state index is 14.1. The Balaban J connectivity index is 1.62. The number of rotatable bonds is 1. The number of fused-ring (bicyclic) bond motifs is 4. The van der Waals surface area contributed by atoms with Gasteiger partial charge in [0.15, 0.2) is 23.0 Å². The van der Waals surface area contributed by atoms with E-state index in [1.165, 1.54) is 24.4 Å². The van der Waals surface area contributed by atoms with E-state index in [4.69, 9.17) is 4.74 Å². The number of aromatic nitrogens is 3. The summed E-state index contributed by atoms with van der Waals surface area (Å²) in [5, 5.41) is 3.70. The molecule has 30 heavy (non-hydrogen) atoms. The molecule has 0 saturated heterocycles. The van der Waals surface area contributed by atoms with Crippen LogP contribution in [0.1, 0.15) is 11.3 Å².